The predicted octanol–water partition coefficient (Wildman–Crippen LogP) is 2.02. The molecule has 3 nitrogen and oxygen atoms in total. The van der Waals surface area contributed by atoms with Gasteiger partial charge in [0.25, 0.3) is 0 Å². The highest BCUT2D eigenvalue weighted by atomic mass is 16.5. The molecule has 0 aliphatic carbocycles. The monoisotopic (exact) mass is 240 g/mol. The van der Waals surface area contributed by atoms with Gasteiger partial charge in [-0.1, -0.05) is 39.8 Å². The molecule has 17 heavy (non-hydrogen) atoms. The lowest BCUT2D eigenvalue weighted by atomic mass is 9.65. The van der Waals surface area contributed by atoms with Gasteiger partial charge in [0, 0.05) is 12.8 Å². The Morgan fingerprint density at radius 3 is 2.18 bits per heavy atom. The van der Waals surface area contributed by atoms with Gasteiger partial charge in [0.1, 0.15) is 5.60 Å². The topological polar surface area (TPSA) is 49.7 Å². The van der Waals surface area contributed by atoms with Crippen LogP contribution in [0.3, 0.4) is 0 Å². The lowest BCUT2D eigenvalue weighted by molar-refractivity contribution is -0.234. The molecule has 2 N–H and O–H groups in total. The number of hydrogen-bond donors (Lipinski definition) is 2. The fraction of sp³-hybridized carbons (Fsp3) is 0.857. The minimum absolute atomic E-state index is 0.0658. The van der Waals surface area contributed by atoms with Crippen molar-refractivity contribution in [3.63, 3.8) is 0 Å². The van der Waals surface area contributed by atoms with E-state index in [0.29, 0.717) is 12.8 Å². The zero-order chi connectivity index (χ0) is 12.9. The molecule has 0 aromatic carbocycles. The van der Waals surface area contributed by atoms with E-state index in [1.165, 1.54) is 0 Å². The molecule has 0 unspecified atom stereocenters. The van der Waals surface area contributed by atoms with Gasteiger partial charge >= 0.3 is 0 Å². The van der Waals surface area contributed by atoms with E-state index in [9.17, 15) is 10.2 Å². The second-order valence-corrected chi connectivity index (χ2v) is 6.71. The molecule has 0 radical (unpaired) electrons. The minimum atomic E-state index is -0.798. The van der Waals surface area contributed by atoms with E-state index in [1.54, 1.807) is 0 Å². The largest absolute Gasteiger partial charge is 0.393 e. The Morgan fingerprint density at radius 1 is 1.18 bits per heavy atom. The van der Waals surface area contributed by atoms with Crippen molar-refractivity contribution in [2.45, 2.75) is 63.8 Å². The Balaban J connectivity index is 2.39. The van der Waals surface area contributed by atoms with Crippen molar-refractivity contribution < 1.29 is 14.9 Å². The highest BCUT2D eigenvalue weighted by Crippen LogP contribution is 2.54. The summed E-state index contributed by atoms with van der Waals surface area (Å²) < 4.78 is 6.04. The van der Waals surface area contributed by atoms with E-state index in [1.807, 2.05) is 32.9 Å². The Bertz CT molecular complexity index is 320. The molecule has 0 amide bonds. The molecule has 2 aliphatic rings. The molecule has 98 valence electrons. The average molecular weight is 240 g/mol. The molecule has 3 atom stereocenters. The maximum Gasteiger partial charge on any atom is 0.113 e. The van der Waals surface area contributed by atoms with Gasteiger partial charge < -0.3 is 14.9 Å². The summed E-state index contributed by atoms with van der Waals surface area (Å²) in [7, 11) is 0. The van der Waals surface area contributed by atoms with Crippen LogP contribution in [0.2, 0.25) is 0 Å². The van der Waals surface area contributed by atoms with Crippen LogP contribution in [0.15, 0.2) is 12.2 Å². The fourth-order valence-corrected chi connectivity index (χ4v) is 3.01. The third-order valence-electron chi connectivity index (χ3n) is 4.54. The number of aliphatic hydroxyl groups is 2. The molecule has 2 bridgehead atoms. The Labute approximate surface area is 103 Å². The van der Waals surface area contributed by atoms with E-state index in [0.717, 1.165) is 6.42 Å². The average Bonchev–Trinajstić information content (AvgIpc) is 2.52. The van der Waals surface area contributed by atoms with Gasteiger partial charge in [0.2, 0.25) is 0 Å². The zero-order valence-electron chi connectivity index (χ0n) is 11.3. The SMILES string of the molecule is CC[C@]12C=C[C@](CO)(C[C@@](O)(C(C)(C)C)C1)O2. The van der Waals surface area contributed by atoms with E-state index in [-0.39, 0.29) is 12.0 Å². The van der Waals surface area contributed by atoms with Crippen LogP contribution in [0.5, 0.6) is 0 Å². The van der Waals surface area contributed by atoms with Crippen molar-refractivity contribution in [1.82, 2.24) is 0 Å². The Hall–Kier alpha value is -0.380. The zero-order valence-corrected chi connectivity index (χ0v) is 11.3. The first-order chi connectivity index (χ1) is 7.70. The van der Waals surface area contributed by atoms with Crippen LogP contribution in [0, 0.1) is 5.41 Å². The molecule has 2 aliphatic heterocycles. The summed E-state index contributed by atoms with van der Waals surface area (Å²) in [6.07, 6.45) is 5.88. The molecular formula is C14H24O3. The van der Waals surface area contributed by atoms with Crippen molar-refractivity contribution in [1.29, 1.82) is 0 Å². The van der Waals surface area contributed by atoms with Gasteiger partial charge in [0.15, 0.2) is 0 Å². The third kappa shape index (κ3) is 1.85. The van der Waals surface area contributed by atoms with Gasteiger partial charge in [-0.25, -0.2) is 0 Å². The van der Waals surface area contributed by atoms with Crippen molar-refractivity contribution in [3.05, 3.63) is 12.2 Å². The van der Waals surface area contributed by atoms with Crippen molar-refractivity contribution in [3.8, 4) is 0 Å². The molecule has 0 aromatic heterocycles. The molecule has 1 saturated heterocycles. The number of ether oxygens (including phenoxy) is 1. The van der Waals surface area contributed by atoms with Gasteiger partial charge in [-0.2, -0.15) is 0 Å². The fourth-order valence-electron chi connectivity index (χ4n) is 3.01. The van der Waals surface area contributed by atoms with Crippen LogP contribution in [-0.2, 0) is 4.74 Å². The van der Waals surface area contributed by atoms with Gasteiger partial charge in [-0.3, -0.25) is 0 Å². The maximum absolute atomic E-state index is 11.0. The van der Waals surface area contributed by atoms with Crippen LogP contribution in [0.1, 0.15) is 47.0 Å². The molecular weight excluding hydrogens is 216 g/mol. The first-order valence-electron chi connectivity index (χ1n) is 6.44. The lowest BCUT2D eigenvalue weighted by Crippen LogP contribution is -2.59. The molecule has 2 heterocycles. The highest BCUT2D eigenvalue weighted by Gasteiger charge is 2.59. The molecule has 2 rings (SSSR count). The normalized spacial score (nSPS) is 45.3. The van der Waals surface area contributed by atoms with E-state index in [2.05, 4.69) is 6.92 Å². The second kappa shape index (κ2) is 3.56. The number of hydrogen-bond acceptors (Lipinski definition) is 3. The van der Waals surface area contributed by atoms with Gasteiger partial charge in [-0.05, 0) is 11.8 Å². The summed E-state index contributed by atoms with van der Waals surface area (Å²) in [5, 5.41) is 20.5. The summed E-state index contributed by atoms with van der Waals surface area (Å²) >= 11 is 0. The minimum Gasteiger partial charge on any atom is -0.393 e. The highest BCUT2D eigenvalue weighted by molar-refractivity contribution is 5.26. The quantitative estimate of drug-likeness (QED) is 0.726. The number of rotatable bonds is 2. The van der Waals surface area contributed by atoms with Crippen molar-refractivity contribution >= 4 is 0 Å². The molecule has 1 fully saturated rings. The van der Waals surface area contributed by atoms with Crippen molar-refractivity contribution in [2.24, 2.45) is 5.41 Å². The van der Waals surface area contributed by atoms with E-state index in [4.69, 9.17) is 4.74 Å². The van der Waals surface area contributed by atoms with Crippen LogP contribution >= 0.6 is 0 Å². The first-order valence-corrected chi connectivity index (χ1v) is 6.44. The van der Waals surface area contributed by atoms with Gasteiger partial charge in [-0.15, -0.1) is 0 Å². The Kier molecular flexibility index (Phi) is 2.74. The third-order valence-corrected chi connectivity index (χ3v) is 4.54. The van der Waals surface area contributed by atoms with Crippen LogP contribution < -0.4 is 0 Å². The summed E-state index contributed by atoms with van der Waals surface area (Å²) in [6, 6.07) is 0. The number of aliphatic hydroxyl groups excluding tert-OH is 1. The van der Waals surface area contributed by atoms with Crippen LogP contribution in [0.25, 0.3) is 0 Å². The summed E-state index contributed by atoms with van der Waals surface area (Å²) in [4.78, 5) is 0. The first kappa shape index (κ1) is 13.1. The summed E-state index contributed by atoms with van der Waals surface area (Å²) in [5.74, 6) is 0. The lowest BCUT2D eigenvalue weighted by Gasteiger charge is -2.53. The predicted molar refractivity (Wildman–Crippen MR) is 66.7 cm³/mol. The molecule has 0 saturated carbocycles. The van der Waals surface area contributed by atoms with E-state index >= 15 is 0 Å². The maximum atomic E-state index is 11.0. The second-order valence-electron chi connectivity index (χ2n) is 6.71. The number of fused-ring (bicyclic) bond motifs is 2. The molecule has 0 spiro atoms. The summed E-state index contributed by atoms with van der Waals surface area (Å²) in [6.45, 7) is 8.14. The molecule has 0 aromatic rings. The Morgan fingerprint density at radius 2 is 1.71 bits per heavy atom. The van der Waals surface area contributed by atoms with Gasteiger partial charge in [0.05, 0.1) is 17.8 Å². The van der Waals surface area contributed by atoms with Crippen LogP contribution in [-0.4, -0.2) is 33.6 Å². The smallest absolute Gasteiger partial charge is 0.113 e. The van der Waals surface area contributed by atoms with E-state index < -0.39 is 16.8 Å². The standard InChI is InChI=1S/C14H24O3/c1-5-12-6-7-13(10-15,17-12)9-14(16,8-12)11(2,3)4/h6-7,15-16H,5,8-10H2,1-4H3/t12-,13+,14+/m0/s1. The van der Waals surface area contributed by atoms with Crippen molar-refractivity contribution in [2.75, 3.05) is 6.61 Å². The van der Waals surface area contributed by atoms with Crippen LogP contribution in [0.4, 0.5) is 0 Å². The molecule has 3 heteroatoms. The summed E-state index contributed by atoms with van der Waals surface area (Å²) in [5.41, 5.74) is -2.10.